The summed E-state index contributed by atoms with van der Waals surface area (Å²) in [7, 11) is 1.62. The van der Waals surface area contributed by atoms with Crippen LogP contribution in [0.4, 0.5) is 11.4 Å². The fraction of sp³-hybridized carbons (Fsp3) is 0.0769. The summed E-state index contributed by atoms with van der Waals surface area (Å²) in [6, 6.07) is 9.65. The first-order chi connectivity index (χ1) is 8.56. The number of anilines is 2. The summed E-state index contributed by atoms with van der Waals surface area (Å²) in [5.41, 5.74) is 7.05. The van der Waals surface area contributed by atoms with E-state index in [-0.39, 0.29) is 11.5 Å². The van der Waals surface area contributed by atoms with Crippen molar-refractivity contribution in [1.29, 1.82) is 0 Å². The van der Waals surface area contributed by atoms with E-state index in [1.165, 1.54) is 10.6 Å². The third-order valence-electron chi connectivity index (χ3n) is 2.49. The SMILES string of the molecule is Cn1cc(NC(=O)c2cccc(N)c2)ccc1=O. The monoisotopic (exact) mass is 243 g/mol. The second-order valence-corrected chi connectivity index (χ2v) is 3.95. The van der Waals surface area contributed by atoms with Gasteiger partial charge in [0.2, 0.25) is 5.56 Å². The molecular weight excluding hydrogens is 230 g/mol. The summed E-state index contributed by atoms with van der Waals surface area (Å²) < 4.78 is 1.40. The largest absolute Gasteiger partial charge is 0.399 e. The van der Waals surface area contributed by atoms with Crippen LogP contribution in [0.5, 0.6) is 0 Å². The van der Waals surface area contributed by atoms with Crippen molar-refractivity contribution in [2.45, 2.75) is 0 Å². The van der Waals surface area contributed by atoms with Crippen molar-refractivity contribution in [3.63, 3.8) is 0 Å². The fourth-order valence-electron chi connectivity index (χ4n) is 1.55. The number of rotatable bonds is 2. The van der Waals surface area contributed by atoms with Gasteiger partial charge in [0.1, 0.15) is 0 Å². The highest BCUT2D eigenvalue weighted by molar-refractivity contribution is 6.04. The maximum Gasteiger partial charge on any atom is 0.255 e. The van der Waals surface area contributed by atoms with E-state index in [0.717, 1.165) is 0 Å². The molecule has 18 heavy (non-hydrogen) atoms. The molecule has 0 unspecified atom stereocenters. The van der Waals surface area contributed by atoms with Crippen molar-refractivity contribution in [2.75, 3.05) is 11.1 Å². The normalized spacial score (nSPS) is 10.1. The minimum Gasteiger partial charge on any atom is -0.399 e. The summed E-state index contributed by atoms with van der Waals surface area (Å²) in [5, 5.41) is 2.70. The predicted molar refractivity (Wildman–Crippen MR) is 70.5 cm³/mol. The number of nitrogen functional groups attached to an aromatic ring is 1. The average molecular weight is 243 g/mol. The van der Waals surface area contributed by atoms with Crippen LogP contribution in [0.1, 0.15) is 10.4 Å². The Bertz CT molecular complexity index is 647. The molecule has 0 spiro atoms. The topological polar surface area (TPSA) is 77.1 Å². The molecule has 0 saturated heterocycles. The summed E-state index contributed by atoms with van der Waals surface area (Å²) in [6.07, 6.45) is 1.56. The average Bonchev–Trinajstić information content (AvgIpc) is 2.34. The number of aryl methyl sites for hydroxylation is 1. The lowest BCUT2D eigenvalue weighted by atomic mass is 10.2. The van der Waals surface area contributed by atoms with Crippen LogP contribution in [0.3, 0.4) is 0 Å². The van der Waals surface area contributed by atoms with Gasteiger partial charge in [-0.25, -0.2) is 0 Å². The van der Waals surface area contributed by atoms with E-state index < -0.39 is 0 Å². The minimum atomic E-state index is -0.263. The molecule has 1 aromatic carbocycles. The van der Waals surface area contributed by atoms with E-state index in [0.29, 0.717) is 16.9 Å². The van der Waals surface area contributed by atoms with Crippen LogP contribution in [0.25, 0.3) is 0 Å². The number of nitrogens with zero attached hydrogens (tertiary/aromatic N) is 1. The maximum absolute atomic E-state index is 11.9. The lowest BCUT2D eigenvalue weighted by Crippen LogP contribution is -2.18. The molecule has 0 aliphatic rings. The number of hydrogen-bond acceptors (Lipinski definition) is 3. The van der Waals surface area contributed by atoms with Gasteiger partial charge in [0.25, 0.3) is 5.91 Å². The molecule has 0 radical (unpaired) electrons. The standard InChI is InChI=1S/C13H13N3O2/c1-16-8-11(5-6-12(16)17)15-13(18)9-3-2-4-10(14)7-9/h2-8H,14H2,1H3,(H,15,18). The van der Waals surface area contributed by atoms with Crippen LogP contribution < -0.4 is 16.6 Å². The van der Waals surface area contributed by atoms with E-state index in [9.17, 15) is 9.59 Å². The van der Waals surface area contributed by atoms with Gasteiger partial charge < -0.3 is 15.6 Å². The molecule has 0 fully saturated rings. The van der Waals surface area contributed by atoms with Crippen molar-refractivity contribution < 1.29 is 4.79 Å². The van der Waals surface area contributed by atoms with Crippen LogP contribution >= 0.6 is 0 Å². The van der Waals surface area contributed by atoms with Gasteiger partial charge in [-0.2, -0.15) is 0 Å². The maximum atomic E-state index is 11.9. The number of pyridine rings is 1. The van der Waals surface area contributed by atoms with Gasteiger partial charge in [0, 0.05) is 30.6 Å². The van der Waals surface area contributed by atoms with Crippen LogP contribution in [0, 0.1) is 0 Å². The summed E-state index contributed by atoms with van der Waals surface area (Å²) in [5.74, 6) is -0.263. The Morgan fingerprint density at radius 1 is 1.28 bits per heavy atom. The van der Waals surface area contributed by atoms with Gasteiger partial charge in [-0.05, 0) is 24.3 Å². The van der Waals surface area contributed by atoms with Crippen molar-refractivity contribution in [3.05, 3.63) is 58.5 Å². The molecule has 5 nitrogen and oxygen atoms in total. The van der Waals surface area contributed by atoms with Crippen LogP contribution in [-0.2, 0) is 7.05 Å². The van der Waals surface area contributed by atoms with Gasteiger partial charge in [0.05, 0.1) is 5.69 Å². The van der Waals surface area contributed by atoms with Crippen LogP contribution in [-0.4, -0.2) is 10.5 Å². The first-order valence-electron chi connectivity index (χ1n) is 5.40. The Hall–Kier alpha value is -2.56. The molecule has 1 aromatic heterocycles. The molecular formula is C13H13N3O2. The van der Waals surface area contributed by atoms with Gasteiger partial charge in [-0.1, -0.05) is 6.07 Å². The van der Waals surface area contributed by atoms with Gasteiger partial charge in [-0.15, -0.1) is 0 Å². The number of nitrogens with two attached hydrogens (primary N) is 1. The Kier molecular flexibility index (Phi) is 3.14. The number of hydrogen-bond donors (Lipinski definition) is 2. The van der Waals surface area contributed by atoms with Crippen LogP contribution in [0.15, 0.2) is 47.4 Å². The first kappa shape index (κ1) is 11.9. The van der Waals surface area contributed by atoms with Gasteiger partial charge >= 0.3 is 0 Å². The minimum absolute atomic E-state index is 0.128. The third-order valence-corrected chi connectivity index (χ3v) is 2.49. The molecule has 0 aliphatic heterocycles. The first-order valence-corrected chi connectivity index (χ1v) is 5.40. The Morgan fingerprint density at radius 2 is 2.06 bits per heavy atom. The molecule has 0 saturated carbocycles. The van der Waals surface area contributed by atoms with E-state index in [1.54, 1.807) is 43.6 Å². The number of carbonyl (C=O) groups excluding carboxylic acids is 1. The van der Waals surface area contributed by atoms with E-state index in [4.69, 9.17) is 5.73 Å². The molecule has 5 heteroatoms. The second kappa shape index (κ2) is 4.75. The zero-order valence-corrected chi connectivity index (χ0v) is 9.88. The van der Waals surface area contributed by atoms with Gasteiger partial charge in [0.15, 0.2) is 0 Å². The number of benzene rings is 1. The highest BCUT2D eigenvalue weighted by Gasteiger charge is 2.06. The van der Waals surface area contributed by atoms with E-state index in [2.05, 4.69) is 5.32 Å². The van der Waals surface area contributed by atoms with E-state index in [1.807, 2.05) is 0 Å². The number of carbonyl (C=O) groups is 1. The van der Waals surface area contributed by atoms with Crippen molar-refractivity contribution in [1.82, 2.24) is 4.57 Å². The van der Waals surface area contributed by atoms with Gasteiger partial charge in [-0.3, -0.25) is 9.59 Å². The highest BCUT2D eigenvalue weighted by Crippen LogP contribution is 2.10. The molecule has 3 N–H and O–H groups in total. The lowest BCUT2D eigenvalue weighted by Gasteiger charge is -2.06. The Balaban J connectivity index is 2.21. The zero-order valence-electron chi connectivity index (χ0n) is 9.88. The summed E-state index contributed by atoms with van der Waals surface area (Å²) >= 11 is 0. The van der Waals surface area contributed by atoms with Crippen molar-refractivity contribution in [3.8, 4) is 0 Å². The smallest absolute Gasteiger partial charge is 0.255 e. The molecule has 1 amide bonds. The quantitative estimate of drug-likeness (QED) is 0.778. The Morgan fingerprint density at radius 3 is 2.72 bits per heavy atom. The third kappa shape index (κ3) is 2.57. The second-order valence-electron chi connectivity index (χ2n) is 3.95. The summed E-state index contributed by atoms with van der Waals surface area (Å²) in [6.45, 7) is 0. The predicted octanol–water partition coefficient (Wildman–Crippen LogP) is 1.22. The molecule has 0 aliphatic carbocycles. The fourth-order valence-corrected chi connectivity index (χ4v) is 1.55. The Labute approximate surface area is 104 Å². The molecule has 0 bridgehead atoms. The van der Waals surface area contributed by atoms with Crippen LogP contribution in [0.2, 0.25) is 0 Å². The number of aromatic nitrogens is 1. The number of nitrogens with one attached hydrogen (secondary N) is 1. The molecule has 92 valence electrons. The number of amides is 1. The van der Waals surface area contributed by atoms with Crippen molar-refractivity contribution in [2.24, 2.45) is 7.05 Å². The molecule has 0 atom stereocenters. The molecule has 1 heterocycles. The zero-order chi connectivity index (χ0) is 13.1. The molecule has 2 aromatic rings. The highest BCUT2D eigenvalue weighted by atomic mass is 16.1. The van der Waals surface area contributed by atoms with E-state index >= 15 is 0 Å². The molecule has 2 rings (SSSR count). The lowest BCUT2D eigenvalue weighted by molar-refractivity contribution is 0.102. The summed E-state index contributed by atoms with van der Waals surface area (Å²) in [4.78, 5) is 23.1. The van der Waals surface area contributed by atoms with Crippen molar-refractivity contribution >= 4 is 17.3 Å².